The Balaban J connectivity index is 2.59. The van der Waals surface area contributed by atoms with Gasteiger partial charge < -0.3 is 14.2 Å². The highest BCUT2D eigenvalue weighted by atomic mass is 35.7. The van der Waals surface area contributed by atoms with E-state index < -0.39 is 25.7 Å². The maximum absolute atomic E-state index is 13.3. The molecule has 0 aliphatic carbocycles. The van der Waals surface area contributed by atoms with Crippen molar-refractivity contribution in [3.8, 4) is 0 Å². The van der Waals surface area contributed by atoms with Crippen LogP contribution in [0.15, 0.2) is 23.1 Å². The first kappa shape index (κ1) is 17.8. The van der Waals surface area contributed by atoms with Crippen LogP contribution in [-0.4, -0.2) is 47.9 Å². The van der Waals surface area contributed by atoms with E-state index in [2.05, 4.69) is 0 Å². The first-order chi connectivity index (χ1) is 9.86. The monoisotopic (exact) mass is 340 g/mol. The van der Waals surface area contributed by atoms with E-state index in [1.54, 1.807) is 0 Å². The summed E-state index contributed by atoms with van der Waals surface area (Å²) in [5.41, 5.74) is -0.118. The van der Waals surface area contributed by atoms with Gasteiger partial charge >= 0.3 is 5.97 Å². The number of methoxy groups -OCH3 is 1. The highest BCUT2D eigenvalue weighted by Crippen LogP contribution is 2.20. The van der Waals surface area contributed by atoms with Gasteiger partial charge in [0.15, 0.2) is 0 Å². The second-order valence-corrected chi connectivity index (χ2v) is 6.36. The minimum Gasteiger partial charge on any atom is -0.460 e. The second-order valence-electron chi connectivity index (χ2n) is 3.82. The van der Waals surface area contributed by atoms with Crippen molar-refractivity contribution in [1.29, 1.82) is 0 Å². The molecule has 0 aliphatic heterocycles. The molecule has 21 heavy (non-hydrogen) atoms. The molecule has 0 atom stereocenters. The van der Waals surface area contributed by atoms with E-state index >= 15 is 0 Å². The van der Waals surface area contributed by atoms with Gasteiger partial charge in [-0.2, -0.15) is 0 Å². The van der Waals surface area contributed by atoms with Crippen molar-refractivity contribution < 1.29 is 31.8 Å². The van der Waals surface area contributed by atoms with Gasteiger partial charge in [-0.3, -0.25) is 0 Å². The molecule has 1 aromatic carbocycles. The summed E-state index contributed by atoms with van der Waals surface area (Å²) in [5.74, 6) is -1.84. The molecule has 9 heteroatoms. The minimum atomic E-state index is -4.27. The number of rotatable bonds is 8. The lowest BCUT2D eigenvalue weighted by Crippen LogP contribution is -2.13. The summed E-state index contributed by atoms with van der Waals surface area (Å²) in [6.45, 7) is 0.919. The molecule has 1 rings (SSSR count). The summed E-state index contributed by atoms with van der Waals surface area (Å²) in [5, 5.41) is 0. The Bertz CT molecular complexity index is 589. The number of carbonyl (C=O) groups is 1. The largest absolute Gasteiger partial charge is 0.460 e. The molecule has 0 amide bonds. The van der Waals surface area contributed by atoms with Crippen LogP contribution in [-0.2, 0) is 23.3 Å². The molecule has 0 heterocycles. The third kappa shape index (κ3) is 5.96. The molecule has 0 unspecified atom stereocenters. The molecule has 0 saturated heterocycles. The van der Waals surface area contributed by atoms with E-state index in [9.17, 15) is 17.6 Å². The fourth-order valence-corrected chi connectivity index (χ4v) is 2.26. The maximum atomic E-state index is 13.3. The molecule has 1 aromatic rings. The quantitative estimate of drug-likeness (QED) is 0.406. The third-order valence-electron chi connectivity index (χ3n) is 2.32. The molecule has 0 bridgehead atoms. The van der Waals surface area contributed by atoms with Crippen LogP contribution < -0.4 is 0 Å². The Morgan fingerprint density at radius 3 is 2.52 bits per heavy atom. The standard InChI is InChI=1S/C12H14ClFO6S/c1-18-4-5-19-6-7-20-12(15)9-2-3-10(14)11(8-9)21(13,16)17/h2-3,8H,4-7H2,1H3. The van der Waals surface area contributed by atoms with Crippen molar-refractivity contribution in [2.45, 2.75) is 4.90 Å². The van der Waals surface area contributed by atoms with Crippen molar-refractivity contribution in [1.82, 2.24) is 0 Å². The van der Waals surface area contributed by atoms with Crippen molar-refractivity contribution in [3.63, 3.8) is 0 Å². The van der Waals surface area contributed by atoms with E-state index in [0.717, 1.165) is 18.2 Å². The SMILES string of the molecule is COCCOCCOC(=O)c1ccc(F)c(S(=O)(=O)Cl)c1. The number of esters is 1. The van der Waals surface area contributed by atoms with Crippen molar-refractivity contribution >= 4 is 25.7 Å². The Labute approximate surface area is 126 Å². The Hall–Kier alpha value is -1.22. The van der Waals surface area contributed by atoms with E-state index in [0.29, 0.717) is 13.2 Å². The van der Waals surface area contributed by atoms with Crippen LogP contribution in [0.4, 0.5) is 4.39 Å². The van der Waals surface area contributed by atoms with Gasteiger partial charge in [-0.15, -0.1) is 0 Å². The predicted molar refractivity (Wildman–Crippen MR) is 72.4 cm³/mol. The highest BCUT2D eigenvalue weighted by molar-refractivity contribution is 8.13. The van der Waals surface area contributed by atoms with Gasteiger partial charge in [0, 0.05) is 17.8 Å². The van der Waals surface area contributed by atoms with Gasteiger partial charge in [-0.05, 0) is 18.2 Å². The summed E-state index contributed by atoms with van der Waals surface area (Å²) in [7, 11) is 2.32. The zero-order valence-electron chi connectivity index (χ0n) is 11.2. The molecular formula is C12H14ClFO6S. The smallest absolute Gasteiger partial charge is 0.338 e. The molecule has 0 N–H and O–H groups in total. The van der Waals surface area contributed by atoms with Gasteiger partial charge in [0.25, 0.3) is 9.05 Å². The van der Waals surface area contributed by atoms with Crippen LogP contribution in [0.1, 0.15) is 10.4 Å². The molecular weight excluding hydrogens is 327 g/mol. The summed E-state index contributed by atoms with van der Waals surface area (Å²) in [6, 6.07) is 2.77. The van der Waals surface area contributed by atoms with Gasteiger partial charge in [-0.25, -0.2) is 17.6 Å². The van der Waals surface area contributed by atoms with E-state index in [4.69, 9.17) is 24.9 Å². The first-order valence-electron chi connectivity index (χ1n) is 5.84. The van der Waals surface area contributed by atoms with Gasteiger partial charge in [0.2, 0.25) is 0 Å². The minimum absolute atomic E-state index is 0.0249. The highest BCUT2D eigenvalue weighted by Gasteiger charge is 2.19. The number of ether oxygens (including phenoxy) is 3. The van der Waals surface area contributed by atoms with Crippen LogP contribution in [0, 0.1) is 5.82 Å². The lowest BCUT2D eigenvalue weighted by molar-refractivity contribution is 0.0213. The normalized spacial score (nSPS) is 11.4. The fourth-order valence-electron chi connectivity index (χ4n) is 1.34. The van der Waals surface area contributed by atoms with Gasteiger partial charge in [0.1, 0.15) is 17.3 Å². The van der Waals surface area contributed by atoms with Crippen LogP contribution in [0.5, 0.6) is 0 Å². The van der Waals surface area contributed by atoms with Gasteiger partial charge in [-0.1, -0.05) is 0 Å². The summed E-state index contributed by atoms with van der Waals surface area (Å²) in [6.07, 6.45) is 0. The molecule has 118 valence electrons. The first-order valence-corrected chi connectivity index (χ1v) is 8.15. The topological polar surface area (TPSA) is 78.9 Å². The molecule has 0 spiro atoms. The Morgan fingerprint density at radius 1 is 1.24 bits per heavy atom. The number of hydrogen-bond acceptors (Lipinski definition) is 6. The van der Waals surface area contributed by atoms with Crippen molar-refractivity contribution in [2.24, 2.45) is 0 Å². The maximum Gasteiger partial charge on any atom is 0.338 e. The van der Waals surface area contributed by atoms with E-state index in [-0.39, 0.29) is 18.8 Å². The molecule has 0 radical (unpaired) electrons. The third-order valence-corrected chi connectivity index (χ3v) is 3.66. The van der Waals surface area contributed by atoms with Crippen LogP contribution in [0.3, 0.4) is 0 Å². The average molecular weight is 341 g/mol. The average Bonchev–Trinajstić information content (AvgIpc) is 2.41. The predicted octanol–water partition coefficient (Wildman–Crippen LogP) is 1.57. The lowest BCUT2D eigenvalue weighted by atomic mass is 10.2. The lowest BCUT2D eigenvalue weighted by Gasteiger charge is -2.07. The molecule has 0 saturated carbocycles. The zero-order valence-corrected chi connectivity index (χ0v) is 12.7. The van der Waals surface area contributed by atoms with Crippen LogP contribution in [0.2, 0.25) is 0 Å². The van der Waals surface area contributed by atoms with E-state index in [1.165, 1.54) is 7.11 Å². The number of carbonyl (C=O) groups excluding carboxylic acids is 1. The van der Waals surface area contributed by atoms with Gasteiger partial charge in [0.05, 0.1) is 25.4 Å². The number of benzene rings is 1. The van der Waals surface area contributed by atoms with E-state index in [1.807, 2.05) is 0 Å². The zero-order chi connectivity index (χ0) is 15.9. The number of hydrogen-bond donors (Lipinski definition) is 0. The number of halogens is 2. The molecule has 0 aliphatic rings. The fraction of sp³-hybridized carbons (Fsp3) is 0.417. The molecule has 6 nitrogen and oxygen atoms in total. The van der Waals surface area contributed by atoms with Crippen LogP contribution in [0.25, 0.3) is 0 Å². The second kappa shape index (κ2) is 8.28. The summed E-state index contributed by atoms with van der Waals surface area (Å²) < 4.78 is 50.3. The summed E-state index contributed by atoms with van der Waals surface area (Å²) >= 11 is 0. The van der Waals surface area contributed by atoms with Crippen molar-refractivity contribution in [2.75, 3.05) is 33.5 Å². The molecule has 0 aromatic heterocycles. The Morgan fingerprint density at radius 2 is 1.90 bits per heavy atom. The van der Waals surface area contributed by atoms with Crippen LogP contribution >= 0.6 is 10.7 Å². The van der Waals surface area contributed by atoms with Crippen molar-refractivity contribution in [3.05, 3.63) is 29.6 Å². The molecule has 0 fully saturated rings. The Kier molecular flexibility index (Phi) is 7.03. The summed E-state index contributed by atoms with van der Waals surface area (Å²) in [4.78, 5) is 10.9.